The van der Waals surface area contributed by atoms with E-state index < -0.39 is 12.1 Å². The molecule has 0 spiro atoms. The molecule has 0 radical (unpaired) electrons. The lowest BCUT2D eigenvalue weighted by atomic mass is 9.72. The number of aromatic nitrogens is 4. The summed E-state index contributed by atoms with van der Waals surface area (Å²) in [6, 6.07) is -0.460. The Bertz CT molecular complexity index is 719. The number of aliphatic hydroxyl groups is 2. The van der Waals surface area contributed by atoms with Gasteiger partial charge in [0.05, 0.1) is 25.1 Å². The van der Waals surface area contributed by atoms with E-state index in [9.17, 15) is 10.2 Å². The Hall–Kier alpha value is -1.73. The minimum Gasteiger partial charge on any atom is -0.394 e. The van der Waals surface area contributed by atoms with Gasteiger partial charge in [0.15, 0.2) is 17.0 Å². The van der Waals surface area contributed by atoms with Crippen molar-refractivity contribution in [1.29, 1.82) is 0 Å². The molecule has 0 saturated carbocycles. The second-order valence-electron chi connectivity index (χ2n) is 7.81. The molecule has 0 aliphatic carbocycles. The lowest BCUT2D eigenvalue weighted by molar-refractivity contribution is 0.0885. The molecule has 3 heterocycles. The first-order valence-electron chi connectivity index (χ1n) is 9.09. The van der Waals surface area contributed by atoms with Crippen LogP contribution in [0.3, 0.4) is 0 Å². The van der Waals surface area contributed by atoms with E-state index in [2.05, 4.69) is 40.6 Å². The molecule has 0 bridgehead atoms. The van der Waals surface area contributed by atoms with Gasteiger partial charge in [0, 0.05) is 13.1 Å². The quantitative estimate of drug-likeness (QED) is 0.860. The molecule has 0 amide bonds. The van der Waals surface area contributed by atoms with Gasteiger partial charge in [0.1, 0.15) is 6.33 Å². The van der Waals surface area contributed by atoms with Gasteiger partial charge in [-0.1, -0.05) is 20.8 Å². The number of nitrogens with zero attached hydrogens (tertiary/aromatic N) is 5. The van der Waals surface area contributed by atoms with Crippen LogP contribution < -0.4 is 4.90 Å². The summed E-state index contributed by atoms with van der Waals surface area (Å²) in [6.45, 7) is 10.4. The molecule has 0 unspecified atom stereocenters. The van der Waals surface area contributed by atoms with Crippen LogP contribution in [0.2, 0.25) is 0 Å². The van der Waals surface area contributed by atoms with Gasteiger partial charge in [-0.3, -0.25) is 0 Å². The van der Waals surface area contributed by atoms with Crippen molar-refractivity contribution in [3.05, 3.63) is 12.7 Å². The minimum absolute atomic E-state index is 0.168. The Labute approximate surface area is 148 Å². The maximum Gasteiger partial charge on any atom is 0.165 e. The van der Waals surface area contributed by atoms with Crippen LogP contribution in [0.1, 0.15) is 46.6 Å². The highest BCUT2D eigenvalue weighted by Gasteiger charge is 2.34. The van der Waals surface area contributed by atoms with Crippen LogP contribution in [0.4, 0.5) is 5.82 Å². The number of rotatable bonds is 5. The maximum atomic E-state index is 9.91. The molecule has 1 aliphatic heterocycles. The molecular formula is C18H29N5O2. The van der Waals surface area contributed by atoms with Crippen LogP contribution in [0.25, 0.3) is 11.2 Å². The topological polar surface area (TPSA) is 87.3 Å². The summed E-state index contributed by atoms with van der Waals surface area (Å²) in [7, 11) is 0. The summed E-state index contributed by atoms with van der Waals surface area (Å²) in [5.74, 6) is 1.51. The molecule has 1 aliphatic rings. The van der Waals surface area contributed by atoms with Crippen molar-refractivity contribution in [2.75, 3.05) is 24.6 Å². The number of hydrogen-bond donors (Lipinski definition) is 2. The highest BCUT2D eigenvalue weighted by molar-refractivity contribution is 5.83. The van der Waals surface area contributed by atoms with E-state index in [4.69, 9.17) is 0 Å². The third kappa shape index (κ3) is 3.22. The van der Waals surface area contributed by atoms with Crippen LogP contribution in [0.15, 0.2) is 12.7 Å². The zero-order valence-corrected chi connectivity index (χ0v) is 15.6. The first-order valence-corrected chi connectivity index (χ1v) is 9.09. The number of hydrogen-bond acceptors (Lipinski definition) is 6. The largest absolute Gasteiger partial charge is 0.394 e. The van der Waals surface area contributed by atoms with Gasteiger partial charge in [-0.05, 0) is 31.1 Å². The second kappa shape index (κ2) is 6.88. The van der Waals surface area contributed by atoms with Crippen molar-refractivity contribution in [1.82, 2.24) is 19.5 Å². The molecule has 2 aromatic heterocycles. The summed E-state index contributed by atoms with van der Waals surface area (Å²) in [4.78, 5) is 15.6. The standard InChI is InChI=1S/C18H29N5O2/c1-12(2)18(4)5-7-22(8-6-18)16-15-17(20-10-19-16)23(11-21-15)14(9-24)13(3)25/h10-14,24-25H,5-9H2,1-4H3/t13-,14+/m1/s1. The van der Waals surface area contributed by atoms with Crippen molar-refractivity contribution in [3.8, 4) is 0 Å². The molecule has 7 heteroatoms. The second-order valence-corrected chi connectivity index (χ2v) is 7.81. The van der Waals surface area contributed by atoms with E-state index in [-0.39, 0.29) is 6.61 Å². The lowest BCUT2D eigenvalue weighted by Gasteiger charge is -2.42. The van der Waals surface area contributed by atoms with Crippen molar-refractivity contribution in [2.24, 2.45) is 11.3 Å². The molecule has 1 saturated heterocycles. The molecule has 138 valence electrons. The summed E-state index contributed by atoms with van der Waals surface area (Å²) >= 11 is 0. The van der Waals surface area contributed by atoms with E-state index in [1.54, 1.807) is 24.1 Å². The van der Waals surface area contributed by atoms with Gasteiger partial charge in [-0.25, -0.2) is 15.0 Å². The fourth-order valence-electron chi connectivity index (χ4n) is 3.59. The van der Waals surface area contributed by atoms with Crippen molar-refractivity contribution >= 4 is 17.0 Å². The SMILES string of the molecule is CC(C)C1(C)CCN(c2ncnc3c2ncn3[C@@H](CO)[C@@H](C)O)CC1. The summed E-state index contributed by atoms with van der Waals surface area (Å²) < 4.78 is 1.74. The number of aliphatic hydroxyl groups excluding tert-OH is 2. The van der Waals surface area contributed by atoms with Gasteiger partial charge >= 0.3 is 0 Å². The maximum absolute atomic E-state index is 9.91. The van der Waals surface area contributed by atoms with Crippen molar-refractivity contribution in [3.63, 3.8) is 0 Å². The summed E-state index contributed by atoms with van der Waals surface area (Å²) in [6.07, 6.45) is 4.75. The fraction of sp³-hybridized carbons (Fsp3) is 0.722. The number of imidazole rings is 1. The highest BCUT2D eigenvalue weighted by Crippen LogP contribution is 2.39. The smallest absolute Gasteiger partial charge is 0.165 e. The van der Waals surface area contributed by atoms with Gasteiger partial charge in [-0.2, -0.15) is 0 Å². The monoisotopic (exact) mass is 347 g/mol. The first kappa shape index (κ1) is 18.1. The van der Waals surface area contributed by atoms with Gasteiger partial charge in [-0.15, -0.1) is 0 Å². The molecule has 25 heavy (non-hydrogen) atoms. The summed E-state index contributed by atoms with van der Waals surface area (Å²) in [5, 5.41) is 19.5. The molecule has 7 nitrogen and oxygen atoms in total. The summed E-state index contributed by atoms with van der Waals surface area (Å²) in [5.41, 5.74) is 1.76. The van der Waals surface area contributed by atoms with Crippen LogP contribution in [-0.4, -0.2) is 55.5 Å². The van der Waals surface area contributed by atoms with E-state index >= 15 is 0 Å². The predicted octanol–water partition coefficient (Wildman–Crippen LogP) is 2.00. The third-order valence-electron chi connectivity index (χ3n) is 6.04. The Balaban J connectivity index is 1.90. The highest BCUT2D eigenvalue weighted by atomic mass is 16.3. The minimum atomic E-state index is -0.692. The fourth-order valence-corrected chi connectivity index (χ4v) is 3.59. The number of anilines is 1. The Morgan fingerprint density at radius 2 is 1.84 bits per heavy atom. The van der Waals surface area contributed by atoms with Crippen molar-refractivity contribution in [2.45, 2.75) is 52.7 Å². The van der Waals surface area contributed by atoms with Gasteiger partial charge in [0.25, 0.3) is 0 Å². The van der Waals surface area contributed by atoms with Gasteiger partial charge in [0.2, 0.25) is 0 Å². The molecule has 2 atom stereocenters. The normalized spacial score (nSPS) is 20.2. The van der Waals surface area contributed by atoms with Crippen LogP contribution >= 0.6 is 0 Å². The van der Waals surface area contributed by atoms with E-state index in [0.717, 1.165) is 37.3 Å². The van der Waals surface area contributed by atoms with E-state index in [1.807, 2.05) is 0 Å². The molecule has 0 aromatic carbocycles. The number of piperidine rings is 1. The van der Waals surface area contributed by atoms with E-state index in [1.165, 1.54) is 0 Å². The zero-order valence-electron chi connectivity index (χ0n) is 15.6. The Morgan fingerprint density at radius 3 is 2.40 bits per heavy atom. The van der Waals surface area contributed by atoms with Crippen molar-refractivity contribution < 1.29 is 10.2 Å². The molecule has 1 fully saturated rings. The molecule has 2 aromatic rings. The van der Waals surface area contributed by atoms with Crippen LogP contribution in [0, 0.1) is 11.3 Å². The average Bonchev–Trinajstić information content (AvgIpc) is 3.00. The lowest BCUT2D eigenvalue weighted by Crippen LogP contribution is -2.41. The molecular weight excluding hydrogens is 318 g/mol. The average molecular weight is 347 g/mol. The third-order valence-corrected chi connectivity index (χ3v) is 6.04. The predicted molar refractivity (Wildman–Crippen MR) is 97.5 cm³/mol. The van der Waals surface area contributed by atoms with E-state index in [0.29, 0.717) is 17.0 Å². The first-order chi connectivity index (χ1) is 11.9. The molecule has 3 rings (SSSR count). The zero-order chi connectivity index (χ0) is 18.2. The van der Waals surface area contributed by atoms with Crippen LogP contribution in [0.5, 0.6) is 0 Å². The Kier molecular flexibility index (Phi) is 4.97. The van der Waals surface area contributed by atoms with Crippen LogP contribution in [-0.2, 0) is 0 Å². The van der Waals surface area contributed by atoms with Gasteiger partial charge < -0.3 is 19.7 Å². The molecule has 2 N–H and O–H groups in total. The Morgan fingerprint density at radius 1 is 1.16 bits per heavy atom. The number of fused-ring (bicyclic) bond motifs is 1.